The Morgan fingerprint density at radius 2 is 2.35 bits per heavy atom. The second-order valence-electron chi connectivity index (χ2n) is 6.01. The smallest absolute Gasteiger partial charge is 0.317 e. The van der Waals surface area contributed by atoms with Gasteiger partial charge in [0.25, 0.3) is 0 Å². The summed E-state index contributed by atoms with van der Waals surface area (Å²) in [4.78, 5) is 16.0. The van der Waals surface area contributed by atoms with Gasteiger partial charge in [-0.2, -0.15) is 0 Å². The summed E-state index contributed by atoms with van der Waals surface area (Å²) in [5.41, 5.74) is 0.429. The van der Waals surface area contributed by atoms with Crippen LogP contribution in [0, 0.1) is 5.41 Å². The Kier molecular flexibility index (Phi) is 2.75. The van der Waals surface area contributed by atoms with E-state index in [-0.39, 0.29) is 6.03 Å². The largest absolute Gasteiger partial charge is 0.336 e. The second-order valence-corrected chi connectivity index (χ2v) is 6.01. The minimum absolute atomic E-state index is 0.128. The number of hydrogen-bond donors (Lipinski definition) is 2. The van der Waals surface area contributed by atoms with Crippen LogP contribution in [-0.2, 0) is 0 Å². The summed E-state index contributed by atoms with van der Waals surface area (Å²) in [6.45, 7) is 9.60. The van der Waals surface area contributed by atoms with Crippen LogP contribution in [0.4, 0.5) is 4.79 Å². The number of piperazine rings is 1. The van der Waals surface area contributed by atoms with Gasteiger partial charge in [-0.25, -0.2) is 4.79 Å². The number of urea groups is 1. The molecule has 96 valence electrons. The Balaban J connectivity index is 1.58. The number of rotatable bonds is 2. The quantitative estimate of drug-likeness (QED) is 0.694. The highest BCUT2D eigenvalue weighted by Crippen LogP contribution is 2.27. The minimum Gasteiger partial charge on any atom is -0.336 e. The van der Waals surface area contributed by atoms with Gasteiger partial charge in [0.2, 0.25) is 0 Å². The van der Waals surface area contributed by atoms with Crippen molar-refractivity contribution in [2.75, 3.05) is 45.8 Å². The van der Waals surface area contributed by atoms with Gasteiger partial charge in [0.05, 0.1) is 6.04 Å². The molecule has 3 fully saturated rings. The van der Waals surface area contributed by atoms with E-state index in [0.717, 1.165) is 39.3 Å². The summed E-state index contributed by atoms with van der Waals surface area (Å²) < 4.78 is 0. The molecular formula is C12H22N4O. The van der Waals surface area contributed by atoms with Crippen LogP contribution < -0.4 is 10.6 Å². The van der Waals surface area contributed by atoms with Crippen molar-refractivity contribution in [3.63, 3.8) is 0 Å². The first-order valence-electron chi connectivity index (χ1n) is 6.64. The average Bonchev–Trinajstić information content (AvgIpc) is 2.87. The molecule has 2 unspecified atom stereocenters. The molecule has 5 nitrogen and oxygen atoms in total. The van der Waals surface area contributed by atoms with Crippen LogP contribution in [0.5, 0.6) is 0 Å². The molecule has 3 aliphatic heterocycles. The third kappa shape index (κ3) is 2.13. The molecule has 0 aromatic heterocycles. The first kappa shape index (κ1) is 11.3. The van der Waals surface area contributed by atoms with Crippen LogP contribution in [0.25, 0.3) is 0 Å². The van der Waals surface area contributed by atoms with E-state index in [9.17, 15) is 4.79 Å². The van der Waals surface area contributed by atoms with Crippen molar-refractivity contribution >= 4 is 6.03 Å². The Labute approximate surface area is 103 Å². The lowest BCUT2D eigenvalue weighted by Crippen LogP contribution is -2.54. The monoisotopic (exact) mass is 238 g/mol. The lowest BCUT2D eigenvalue weighted by molar-refractivity contribution is 0.0900. The van der Waals surface area contributed by atoms with Crippen molar-refractivity contribution in [1.82, 2.24) is 20.4 Å². The SMILES string of the molecule is CC1(CN2CCN3C(=O)NCC3C2)CCNC1. The van der Waals surface area contributed by atoms with E-state index in [1.165, 1.54) is 13.0 Å². The summed E-state index contributed by atoms with van der Waals surface area (Å²) in [5.74, 6) is 0. The van der Waals surface area contributed by atoms with Gasteiger partial charge in [0, 0.05) is 39.3 Å². The maximum Gasteiger partial charge on any atom is 0.317 e. The number of carbonyl (C=O) groups excluding carboxylic acids is 1. The summed E-state index contributed by atoms with van der Waals surface area (Å²) in [6, 6.07) is 0.526. The Hall–Kier alpha value is -0.810. The molecular weight excluding hydrogens is 216 g/mol. The van der Waals surface area contributed by atoms with Crippen molar-refractivity contribution < 1.29 is 4.79 Å². The third-order valence-electron chi connectivity index (χ3n) is 4.38. The molecule has 2 atom stereocenters. The highest BCUT2D eigenvalue weighted by atomic mass is 16.2. The molecule has 0 spiro atoms. The first-order chi connectivity index (χ1) is 8.16. The van der Waals surface area contributed by atoms with E-state index < -0.39 is 0 Å². The molecule has 3 saturated heterocycles. The van der Waals surface area contributed by atoms with Crippen molar-refractivity contribution in [3.8, 4) is 0 Å². The van der Waals surface area contributed by atoms with Crippen LogP contribution in [0.3, 0.4) is 0 Å². The lowest BCUT2D eigenvalue weighted by Gasteiger charge is -2.40. The van der Waals surface area contributed by atoms with E-state index in [1.54, 1.807) is 0 Å². The summed E-state index contributed by atoms with van der Waals surface area (Å²) in [6.07, 6.45) is 1.27. The summed E-state index contributed by atoms with van der Waals surface area (Å²) >= 11 is 0. The molecule has 0 bridgehead atoms. The molecule has 0 radical (unpaired) electrons. The van der Waals surface area contributed by atoms with Crippen LogP contribution in [-0.4, -0.2) is 67.7 Å². The topological polar surface area (TPSA) is 47.6 Å². The fourth-order valence-electron chi connectivity index (χ4n) is 3.36. The number of nitrogens with one attached hydrogen (secondary N) is 2. The van der Waals surface area contributed by atoms with Crippen molar-refractivity contribution in [3.05, 3.63) is 0 Å². The van der Waals surface area contributed by atoms with E-state index in [4.69, 9.17) is 0 Å². The predicted molar refractivity (Wildman–Crippen MR) is 65.9 cm³/mol. The molecule has 2 amide bonds. The number of hydrogen-bond acceptors (Lipinski definition) is 3. The van der Waals surface area contributed by atoms with E-state index >= 15 is 0 Å². The van der Waals surface area contributed by atoms with Gasteiger partial charge in [0.15, 0.2) is 0 Å². The number of fused-ring (bicyclic) bond motifs is 1. The number of nitrogens with zero attached hydrogens (tertiary/aromatic N) is 2. The Morgan fingerprint density at radius 1 is 1.47 bits per heavy atom. The van der Waals surface area contributed by atoms with Crippen LogP contribution in [0.15, 0.2) is 0 Å². The van der Waals surface area contributed by atoms with Crippen LogP contribution >= 0.6 is 0 Å². The Bertz CT molecular complexity index is 314. The van der Waals surface area contributed by atoms with Crippen LogP contribution in [0.1, 0.15) is 13.3 Å². The van der Waals surface area contributed by atoms with E-state index in [1.807, 2.05) is 4.90 Å². The summed E-state index contributed by atoms with van der Waals surface area (Å²) in [7, 11) is 0. The molecule has 0 saturated carbocycles. The zero-order valence-corrected chi connectivity index (χ0v) is 10.5. The van der Waals surface area contributed by atoms with Gasteiger partial charge < -0.3 is 15.5 Å². The van der Waals surface area contributed by atoms with Gasteiger partial charge in [-0.15, -0.1) is 0 Å². The Morgan fingerprint density at radius 3 is 3.12 bits per heavy atom. The molecule has 5 heteroatoms. The zero-order valence-electron chi connectivity index (χ0n) is 10.5. The number of amides is 2. The maximum atomic E-state index is 11.5. The predicted octanol–water partition coefficient (Wildman–Crippen LogP) is -0.305. The van der Waals surface area contributed by atoms with Crippen LogP contribution in [0.2, 0.25) is 0 Å². The fraction of sp³-hybridized carbons (Fsp3) is 0.917. The fourth-order valence-corrected chi connectivity index (χ4v) is 3.36. The normalized spacial score (nSPS) is 38.3. The molecule has 2 N–H and O–H groups in total. The van der Waals surface area contributed by atoms with Gasteiger partial charge >= 0.3 is 6.03 Å². The molecule has 3 aliphatic rings. The van der Waals surface area contributed by atoms with Crippen molar-refractivity contribution in [2.24, 2.45) is 5.41 Å². The van der Waals surface area contributed by atoms with E-state index in [0.29, 0.717) is 11.5 Å². The third-order valence-corrected chi connectivity index (χ3v) is 4.38. The second kappa shape index (κ2) is 4.14. The first-order valence-corrected chi connectivity index (χ1v) is 6.64. The zero-order chi connectivity index (χ0) is 11.9. The molecule has 0 aliphatic carbocycles. The molecule has 0 aromatic rings. The van der Waals surface area contributed by atoms with E-state index in [2.05, 4.69) is 22.5 Å². The molecule has 0 aromatic carbocycles. The molecule has 17 heavy (non-hydrogen) atoms. The lowest BCUT2D eigenvalue weighted by atomic mass is 9.89. The van der Waals surface area contributed by atoms with Crippen molar-refractivity contribution in [1.29, 1.82) is 0 Å². The standard InChI is InChI=1S/C12H22N4O/c1-12(2-3-13-8-12)9-15-4-5-16-10(7-15)6-14-11(16)17/h10,13H,2-9H2,1H3,(H,14,17). The summed E-state index contributed by atoms with van der Waals surface area (Å²) in [5, 5.41) is 6.39. The van der Waals surface area contributed by atoms with Crippen molar-refractivity contribution in [2.45, 2.75) is 19.4 Å². The molecule has 3 heterocycles. The minimum atomic E-state index is 0.128. The van der Waals surface area contributed by atoms with Gasteiger partial charge in [-0.1, -0.05) is 6.92 Å². The number of carbonyl (C=O) groups is 1. The van der Waals surface area contributed by atoms with Gasteiger partial charge in [-0.05, 0) is 18.4 Å². The molecule has 3 rings (SSSR count). The highest BCUT2D eigenvalue weighted by Gasteiger charge is 2.38. The van der Waals surface area contributed by atoms with Gasteiger partial charge in [-0.3, -0.25) is 4.90 Å². The highest BCUT2D eigenvalue weighted by molar-refractivity contribution is 5.77. The average molecular weight is 238 g/mol. The maximum absolute atomic E-state index is 11.5. The van der Waals surface area contributed by atoms with Gasteiger partial charge in [0.1, 0.15) is 0 Å².